The third kappa shape index (κ3) is 4.47. The Labute approximate surface area is 114 Å². The molecule has 2 rings (SSSR count). The SMILES string of the molecule is NCC(OCCCc1ccccc1)c1ccncc1. The second-order valence-corrected chi connectivity index (χ2v) is 4.46. The standard InChI is InChI=1S/C16H20N2O/c17-13-16(15-8-10-18-11-9-15)19-12-4-7-14-5-2-1-3-6-14/h1-3,5-6,8-11,16H,4,7,12-13,17H2. The molecular weight excluding hydrogens is 236 g/mol. The van der Waals surface area contributed by atoms with E-state index in [1.165, 1.54) is 5.56 Å². The van der Waals surface area contributed by atoms with E-state index in [1.807, 2.05) is 18.2 Å². The Hall–Kier alpha value is -1.71. The molecule has 2 N–H and O–H groups in total. The van der Waals surface area contributed by atoms with Gasteiger partial charge in [-0.1, -0.05) is 30.3 Å². The first-order chi connectivity index (χ1) is 9.40. The van der Waals surface area contributed by atoms with Crippen LogP contribution in [0.25, 0.3) is 0 Å². The van der Waals surface area contributed by atoms with Gasteiger partial charge in [0.05, 0.1) is 6.10 Å². The number of hydrogen-bond acceptors (Lipinski definition) is 3. The van der Waals surface area contributed by atoms with E-state index in [4.69, 9.17) is 10.5 Å². The Morgan fingerprint density at radius 3 is 2.47 bits per heavy atom. The molecule has 1 atom stereocenters. The third-order valence-corrected chi connectivity index (χ3v) is 3.06. The van der Waals surface area contributed by atoms with Crippen LogP contribution in [0, 0.1) is 0 Å². The highest BCUT2D eigenvalue weighted by atomic mass is 16.5. The lowest BCUT2D eigenvalue weighted by atomic mass is 10.1. The molecule has 0 amide bonds. The minimum atomic E-state index is -0.0289. The Balaban J connectivity index is 1.75. The first-order valence-corrected chi connectivity index (χ1v) is 6.65. The van der Waals surface area contributed by atoms with Crippen molar-refractivity contribution in [2.75, 3.05) is 13.2 Å². The molecule has 0 spiro atoms. The Bertz CT molecular complexity index is 459. The van der Waals surface area contributed by atoms with Crippen LogP contribution in [-0.4, -0.2) is 18.1 Å². The molecule has 1 unspecified atom stereocenters. The number of aromatic nitrogens is 1. The van der Waals surface area contributed by atoms with Gasteiger partial charge in [-0.05, 0) is 36.1 Å². The van der Waals surface area contributed by atoms with Crippen LogP contribution in [0.15, 0.2) is 54.9 Å². The summed E-state index contributed by atoms with van der Waals surface area (Å²) < 4.78 is 5.85. The predicted octanol–water partition coefficient (Wildman–Crippen LogP) is 2.73. The highest BCUT2D eigenvalue weighted by Gasteiger charge is 2.09. The van der Waals surface area contributed by atoms with Crippen LogP contribution >= 0.6 is 0 Å². The van der Waals surface area contributed by atoms with E-state index in [2.05, 4.69) is 29.2 Å². The summed E-state index contributed by atoms with van der Waals surface area (Å²) in [5.74, 6) is 0. The molecule has 100 valence electrons. The molecule has 0 saturated carbocycles. The zero-order valence-electron chi connectivity index (χ0n) is 11.0. The van der Waals surface area contributed by atoms with Gasteiger partial charge in [-0.15, -0.1) is 0 Å². The summed E-state index contributed by atoms with van der Waals surface area (Å²) in [6.07, 6.45) is 5.55. The summed E-state index contributed by atoms with van der Waals surface area (Å²) in [4.78, 5) is 4.00. The van der Waals surface area contributed by atoms with Crippen LogP contribution in [0.2, 0.25) is 0 Å². The third-order valence-electron chi connectivity index (χ3n) is 3.06. The van der Waals surface area contributed by atoms with Gasteiger partial charge in [0.1, 0.15) is 0 Å². The van der Waals surface area contributed by atoms with E-state index in [0.29, 0.717) is 6.54 Å². The summed E-state index contributed by atoms with van der Waals surface area (Å²) in [6, 6.07) is 14.4. The Kier molecular flexibility index (Phi) is 5.53. The van der Waals surface area contributed by atoms with Crippen molar-refractivity contribution in [1.29, 1.82) is 0 Å². The fraction of sp³-hybridized carbons (Fsp3) is 0.312. The number of benzene rings is 1. The number of hydrogen-bond donors (Lipinski definition) is 1. The van der Waals surface area contributed by atoms with Gasteiger partial charge in [-0.2, -0.15) is 0 Å². The van der Waals surface area contributed by atoms with Crippen LogP contribution < -0.4 is 5.73 Å². The van der Waals surface area contributed by atoms with Crippen molar-refractivity contribution in [3.8, 4) is 0 Å². The fourth-order valence-electron chi connectivity index (χ4n) is 2.03. The van der Waals surface area contributed by atoms with E-state index < -0.39 is 0 Å². The van der Waals surface area contributed by atoms with E-state index in [9.17, 15) is 0 Å². The van der Waals surface area contributed by atoms with Crippen LogP contribution in [0.4, 0.5) is 0 Å². The monoisotopic (exact) mass is 256 g/mol. The molecule has 19 heavy (non-hydrogen) atoms. The van der Waals surface area contributed by atoms with E-state index >= 15 is 0 Å². The first kappa shape index (κ1) is 13.7. The molecule has 1 aromatic carbocycles. The quantitative estimate of drug-likeness (QED) is 0.775. The summed E-state index contributed by atoms with van der Waals surface area (Å²) in [5, 5.41) is 0. The van der Waals surface area contributed by atoms with Crippen LogP contribution in [-0.2, 0) is 11.2 Å². The molecule has 0 saturated heterocycles. The molecule has 0 aliphatic heterocycles. The van der Waals surface area contributed by atoms with Gasteiger partial charge in [0.25, 0.3) is 0 Å². The molecule has 1 aromatic heterocycles. The first-order valence-electron chi connectivity index (χ1n) is 6.65. The van der Waals surface area contributed by atoms with E-state index in [1.54, 1.807) is 12.4 Å². The van der Waals surface area contributed by atoms with Crippen molar-refractivity contribution >= 4 is 0 Å². The molecule has 0 bridgehead atoms. The lowest BCUT2D eigenvalue weighted by Crippen LogP contribution is -2.16. The smallest absolute Gasteiger partial charge is 0.0948 e. The fourth-order valence-corrected chi connectivity index (χ4v) is 2.03. The maximum atomic E-state index is 5.85. The van der Waals surface area contributed by atoms with Crippen LogP contribution in [0.5, 0.6) is 0 Å². The van der Waals surface area contributed by atoms with Gasteiger partial charge < -0.3 is 10.5 Å². The van der Waals surface area contributed by atoms with Crippen molar-refractivity contribution in [3.05, 3.63) is 66.0 Å². The Morgan fingerprint density at radius 1 is 1.05 bits per heavy atom. The number of pyridine rings is 1. The molecule has 0 aliphatic rings. The summed E-state index contributed by atoms with van der Waals surface area (Å²) in [7, 11) is 0. The highest BCUT2D eigenvalue weighted by Crippen LogP contribution is 2.15. The number of rotatable bonds is 7. The van der Waals surface area contributed by atoms with E-state index in [-0.39, 0.29) is 6.10 Å². The van der Waals surface area contributed by atoms with Crippen molar-refractivity contribution < 1.29 is 4.74 Å². The van der Waals surface area contributed by atoms with Gasteiger partial charge >= 0.3 is 0 Å². The highest BCUT2D eigenvalue weighted by molar-refractivity contribution is 5.15. The minimum Gasteiger partial charge on any atom is -0.372 e. The van der Waals surface area contributed by atoms with Crippen molar-refractivity contribution in [2.24, 2.45) is 5.73 Å². The second kappa shape index (κ2) is 7.67. The summed E-state index contributed by atoms with van der Waals surface area (Å²) in [6.45, 7) is 1.22. The van der Waals surface area contributed by atoms with Gasteiger partial charge in [-0.25, -0.2) is 0 Å². The van der Waals surface area contributed by atoms with Crippen LogP contribution in [0.3, 0.4) is 0 Å². The number of ether oxygens (including phenoxy) is 1. The average molecular weight is 256 g/mol. The van der Waals surface area contributed by atoms with E-state index in [0.717, 1.165) is 25.0 Å². The normalized spacial score (nSPS) is 12.3. The van der Waals surface area contributed by atoms with Crippen LogP contribution in [0.1, 0.15) is 23.7 Å². The Morgan fingerprint density at radius 2 is 1.79 bits per heavy atom. The van der Waals surface area contributed by atoms with Gasteiger partial charge in [-0.3, -0.25) is 4.98 Å². The molecular formula is C16H20N2O. The van der Waals surface area contributed by atoms with Crippen molar-refractivity contribution in [1.82, 2.24) is 4.98 Å². The zero-order chi connectivity index (χ0) is 13.3. The maximum absolute atomic E-state index is 5.85. The van der Waals surface area contributed by atoms with Gasteiger partial charge in [0, 0.05) is 25.5 Å². The molecule has 0 aliphatic carbocycles. The van der Waals surface area contributed by atoms with Gasteiger partial charge in [0.2, 0.25) is 0 Å². The lowest BCUT2D eigenvalue weighted by molar-refractivity contribution is 0.0570. The summed E-state index contributed by atoms with van der Waals surface area (Å²) >= 11 is 0. The number of nitrogens with two attached hydrogens (primary N) is 1. The second-order valence-electron chi connectivity index (χ2n) is 4.46. The molecule has 3 heteroatoms. The van der Waals surface area contributed by atoms with Crippen molar-refractivity contribution in [2.45, 2.75) is 18.9 Å². The number of aryl methyl sites for hydroxylation is 1. The molecule has 2 aromatic rings. The average Bonchev–Trinajstić information content (AvgIpc) is 2.49. The molecule has 1 heterocycles. The largest absolute Gasteiger partial charge is 0.372 e. The molecule has 3 nitrogen and oxygen atoms in total. The lowest BCUT2D eigenvalue weighted by Gasteiger charge is -2.16. The maximum Gasteiger partial charge on any atom is 0.0948 e. The topological polar surface area (TPSA) is 48.1 Å². The molecule has 0 fully saturated rings. The van der Waals surface area contributed by atoms with Gasteiger partial charge in [0.15, 0.2) is 0 Å². The zero-order valence-corrected chi connectivity index (χ0v) is 11.0. The summed E-state index contributed by atoms with van der Waals surface area (Å²) in [5.41, 5.74) is 8.19. The molecule has 0 radical (unpaired) electrons. The minimum absolute atomic E-state index is 0.0289. The number of nitrogens with zero attached hydrogens (tertiary/aromatic N) is 1. The van der Waals surface area contributed by atoms with Crippen molar-refractivity contribution in [3.63, 3.8) is 0 Å². The predicted molar refractivity (Wildman–Crippen MR) is 76.7 cm³/mol.